The van der Waals surface area contributed by atoms with E-state index in [4.69, 9.17) is 9.26 Å². The van der Waals surface area contributed by atoms with Crippen molar-refractivity contribution in [1.29, 1.82) is 0 Å². The van der Waals surface area contributed by atoms with E-state index in [9.17, 15) is 9.59 Å². The van der Waals surface area contributed by atoms with Crippen molar-refractivity contribution in [2.75, 3.05) is 6.61 Å². The van der Waals surface area contributed by atoms with Crippen LogP contribution in [0.1, 0.15) is 35.9 Å². The van der Waals surface area contributed by atoms with Gasteiger partial charge in [0.15, 0.2) is 6.10 Å². The van der Waals surface area contributed by atoms with Gasteiger partial charge in [-0.1, -0.05) is 11.2 Å². The van der Waals surface area contributed by atoms with Crippen LogP contribution in [0, 0.1) is 6.92 Å². The van der Waals surface area contributed by atoms with Crippen molar-refractivity contribution < 1.29 is 18.8 Å². The molecule has 0 radical (unpaired) electrons. The number of aryl methyl sites for hydroxylation is 1. The second-order valence-electron chi connectivity index (χ2n) is 6.64. The number of carbonyl (C=O) groups excluding carboxylic acids is 2. The van der Waals surface area contributed by atoms with Gasteiger partial charge in [0.1, 0.15) is 18.1 Å². The number of carbonyl (C=O) groups is 2. The van der Waals surface area contributed by atoms with Crippen molar-refractivity contribution in [3.63, 3.8) is 0 Å². The first-order chi connectivity index (χ1) is 12.6. The molecule has 2 aromatic heterocycles. The summed E-state index contributed by atoms with van der Waals surface area (Å²) in [5.74, 6) is 0.317. The van der Waals surface area contributed by atoms with Crippen LogP contribution >= 0.6 is 0 Å². The van der Waals surface area contributed by atoms with E-state index in [-0.39, 0.29) is 31.0 Å². The molecule has 2 aromatic rings. The van der Waals surface area contributed by atoms with Gasteiger partial charge in [0.2, 0.25) is 5.91 Å². The SMILES string of the molecule is Cc1cc(CNC(=O)[C@H]2OCC(=O)N(C3CC3)[C@@H]2c2cccnc2)no1. The maximum atomic E-state index is 12.8. The van der Waals surface area contributed by atoms with Crippen LogP contribution in [0.5, 0.6) is 0 Å². The number of hydrogen-bond acceptors (Lipinski definition) is 6. The predicted molar refractivity (Wildman–Crippen MR) is 89.7 cm³/mol. The molecule has 0 bridgehead atoms. The Kier molecular flexibility index (Phi) is 4.42. The standard InChI is InChI=1S/C18H20N4O4/c1-11-7-13(21-26-11)9-20-18(24)17-16(12-3-2-6-19-8-12)22(14-4-5-14)15(23)10-25-17/h2-3,6-8,14,16-17H,4-5,9-10H2,1H3,(H,20,24)/t16-,17+/m1/s1. The van der Waals surface area contributed by atoms with Crippen LogP contribution < -0.4 is 5.32 Å². The van der Waals surface area contributed by atoms with Gasteiger partial charge in [0, 0.05) is 24.5 Å². The van der Waals surface area contributed by atoms with Crippen LogP contribution in [0.25, 0.3) is 0 Å². The predicted octanol–water partition coefficient (Wildman–Crippen LogP) is 1.13. The fraction of sp³-hybridized carbons (Fsp3) is 0.444. The molecule has 1 aliphatic carbocycles. The molecule has 8 nitrogen and oxygen atoms in total. The fourth-order valence-electron chi connectivity index (χ4n) is 3.30. The van der Waals surface area contributed by atoms with Crippen molar-refractivity contribution in [2.45, 2.75) is 44.5 Å². The Bertz CT molecular complexity index is 803. The lowest BCUT2D eigenvalue weighted by Crippen LogP contribution is -2.55. The van der Waals surface area contributed by atoms with E-state index in [1.54, 1.807) is 36.4 Å². The number of nitrogens with zero attached hydrogens (tertiary/aromatic N) is 3. The molecular weight excluding hydrogens is 336 g/mol. The summed E-state index contributed by atoms with van der Waals surface area (Å²) < 4.78 is 10.7. The Labute approximate surface area is 150 Å². The quantitative estimate of drug-likeness (QED) is 0.862. The van der Waals surface area contributed by atoms with Gasteiger partial charge in [-0.3, -0.25) is 14.6 Å². The zero-order valence-corrected chi connectivity index (χ0v) is 14.4. The number of ether oxygens (including phenoxy) is 1. The first-order valence-corrected chi connectivity index (χ1v) is 8.66. The summed E-state index contributed by atoms with van der Waals surface area (Å²) in [6.07, 6.45) is 4.47. The highest BCUT2D eigenvalue weighted by molar-refractivity contribution is 5.86. The molecule has 1 N–H and O–H groups in total. The van der Waals surface area contributed by atoms with Crippen LogP contribution in [-0.4, -0.2) is 45.6 Å². The van der Waals surface area contributed by atoms with Crippen LogP contribution in [0.3, 0.4) is 0 Å². The zero-order valence-electron chi connectivity index (χ0n) is 14.4. The molecule has 0 spiro atoms. The lowest BCUT2D eigenvalue weighted by molar-refractivity contribution is -0.165. The van der Waals surface area contributed by atoms with Gasteiger partial charge < -0.3 is 19.5 Å². The van der Waals surface area contributed by atoms with Crippen LogP contribution in [0.15, 0.2) is 35.1 Å². The van der Waals surface area contributed by atoms with Gasteiger partial charge in [0.05, 0.1) is 12.6 Å². The first-order valence-electron chi connectivity index (χ1n) is 8.66. The molecule has 1 saturated carbocycles. The van der Waals surface area contributed by atoms with Gasteiger partial charge in [0.25, 0.3) is 5.91 Å². The topological polar surface area (TPSA) is 97.6 Å². The summed E-state index contributed by atoms with van der Waals surface area (Å²) in [6.45, 7) is 1.95. The highest BCUT2D eigenvalue weighted by Gasteiger charge is 2.47. The van der Waals surface area contributed by atoms with Gasteiger partial charge in [-0.15, -0.1) is 0 Å². The fourth-order valence-corrected chi connectivity index (χ4v) is 3.30. The van der Waals surface area contributed by atoms with Gasteiger partial charge in [-0.05, 0) is 31.4 Å². The molecule has 2 fully saturated rings. The molecule has 2 amide bonds. The summed E-state index contributed by atoms with van der Waals surface area (Å²) in [5, 5.41) is 6.70. The number of morpholine rings is 1. The monoisotopic (exact) mass is 356 g/mol. The maximum absolute atomic E-state index is 12.8. The summed E-state index contributed by atoms with van der Waals surface area (Å²) in [7, 11) is 0. The van der Waals surface area contributed by atoms with Gasteiger partial charge in [-0.2, -0.15) is 0 Å². The molecule has 26 heavy (non-hydrogen) atoms. The number of nitrogens with one attached hydrogen (secondary N) is 1. The average Bonchev–Trinajstić information content (AvgIpc) is 3.41. The molecule has 4 rings (SSSR count). The summed E-state index contributed by atoms with van der Waals surface area (Å²) in [4.78, 5) is 31.2. The number of pyridine rings is 1. The van der Waals surface area contributed by atoms with Crippen LogP contribution in [-0.2, 0) is 20.9 Å². The lowest BCUT2D eigenvalue weighted by Gasteiger charge is -2.40. The van der Waals surface area contributed by atoms with Crippen LogP contribution in [0.4, 0.5) is 0 Å². The molecular formula is C18H20N4O4. The normalized spacial score (nSPS) is 23.1. The Hall–Kier alpha value is -2.74. The summed E-state index contributed by atoms with van der Waals surface area (Å²) in [6, 6.07) is 5.13. The molecule has 8 heteroatoms. The minimum absolute atomic E-state index is 0.0856. The number of amides is 2. The van der Waals surface area contributed by atoms with Crippen molar-refractivity contribution in [3.05, 3.63) is 47.6 Å². The van der Waals surface area contributed by atoms with Crippen molar-refractivity contribution >= 4 is 11.8 Å². The van der Waals surface area contributed by atoms with E-state index >= 15 is 0 Å². The van der Waals surface area contributed by atoms with Crippen LogP contribution in [0.2, 0.25) is 0 Å². The molecule has 1 saturated heterocycles. The van der Waals surface area contributed by atoms with E-state index in [0.29, 0.717) is 11.5 Å². The Morgan fingerprint density at radius 1 is 1.42 bits per heavy atom. The Balaban J connectivity index is 1.55. The third-order valence-corrected chi connectivity index (χ3v) is 4.61. The highest BCUT2D eigenvalue weighted by atomic mass is 16.5. The van der Waals surface area contributed by atoms with E-state index in [1.807, 2.05) is 6.07 Å². The average molecular weight is 356 g/mol. The summed E-state index contributed by atoms with van der Waals surface area (Å²) in [5.41, 5.74) is 1.43. The minimum Gasteiger partial charge on any atom is -0.361 e. The molecule has 3 heterocycles. The largest absolute Gasteiger partial charge is 0.361 e. The molecule has 0 aromatic carbocycles. The lowest BCUT2D eigenvalue weighted by atomic mass is 9.98. The molecule has 1 aliphatic heterocycles. The highest BCUT2D eigenvalue weighted by Crippen LogP contribution is 2.39. The second kappa shape index (κ2) is 6.87. The van der Waals surface area contributed by atoms with Gasteiger partial charge >= 0.3 is 0 Å². The Morgan fingerprint density at radius 3 is 2.92 bits per heavy atom. The smallest absolute Gasteiger partial charge is 0.252 e. The van der Waals surface area contributed by atoms with Gasteiger partial charge in [-0.25, -0.2) is 0 Å². The Morgan fingerprint density at radius 2 is 2.27 bits per heavy atom. The van der Waals surface area contributed by atoms with Crippen molar-refractivity contribution in [3.8, 4) is 0 Å². The van der Waals surface area contributed by atoms with E-state index < -0.39 is 12.1 Å². The van der Waals surface area contributed by atoms with Crippen molar-refractivity contribution in [2.24, 2.45) is 0 Å². The molecule has 2 aliphatic rings. The van der Waals surface area contributed by atoms with E-state index in [2.05, 4.69) is 15.5 Å². The molecule has 2 atom stereocenters. The summed E-state index contributed by atoms with van der Waals surface area (Å²) >= 11 is 0. The minimum atomic E-state index is -0.787. The molecule has 0 unspecified atom stereocenters. The van der Waals surface area contributed by atoms with E-state index in [0.717, 1.165) is 18.4 Å². The molecule has 136 valence electrons. The number of aromatic nitrogens is 2. The maximum Gasteiger partial charge on any atom is 0.252 e. The number of hydrogen-bond donors (Lipinski definition) is 1. The third kappa shape index (κ3) is 3.32. The second-order valence-corrected chi connectivity index (χ2v) is 6.64. The number of rotatable bonds is 5. The van der Waals surface area contributed by atoms with E-state index in [1.165, 1.54) is 0 Å². The zero-order chi connectivity index (χ0) is 18.1. The third-order valence-electron chi connectivity index (χ3n) is 4.61. The van der Waals surface area contributed by atoms with Crippen molar-refractivity contribution in [1.82, 2.24) is 20.4 Å². The first kappa shape index (κ1) is 16.7.